The molecule has 35 heavy (non-hydrogen) atoms. The second-order valence-corrected chi connectivity index (χ2v) is 9.57. The molecule has 0 radical (unpaired) electrons. The van der Waals surface area contributed by atoms with Gasteiger partial charge < -0.3 is 14.8 Å². The summed E-state index contributed by atoms with van der Waals surface area (Å²) in [6.45, 7) is 3.90. The highest BCUT2D eigenvalue weighted by Gasteiger charge is 2.33. The molecule has 0 aliphatic carbocycles. The van der Waals surface area contributed by atoms with E-state index < -0.39 is 0 Å². The average molecular weight is 505 g/mol. The molecule has 0 unspecified atom stereocenters. The van der Waals surface area contributed by atoms with E-state index in [1.54, 1.807) is 42.4 Å². The van der Waals surface area contributed by atoms with Gasteiger partial charge in [0.15, 0.2) is 10.9 Å². The highest BCUT2D eigenvalue weighted by molar-refractivity contribution is 8.27. The third-order valence-corrected chi connectivity index (χ3v) is 6.77. The third kappa shape index (κ3) is 5.72. The molecule has 1 aliphatic rings. The van der Waals surface area contributed by atoms with Gasteiger partial charge in [-0.15, -0.1) is 0 Å². The number of rotatable bonds is 7. The summed E-state index contributed by atoms with van der Waals surface area (Å²) in [6.07, 6.45) is 1.80. The smallest absolute Gasteiger partial charge is 0.270 e. The molecule has 3 aromatic rings. The van der Waals surface area contributed by atoms with E-state index in [1.807, 2.05) is 56.3 Å². The monoisotopic (exact) mass is 504 g/mol. The van der Waals surface area contributed by atoms with Gasteiger partial charge in [-0.1, -0.05) is 54.3 Å². The van der Waals surface area contributed by atoms with Crippen LogP contribution in [-0.2, 0) is 9.59 Å². The Morgan fingerprint density at radius 2 is 1.80 bits per heavy atom. The van der Waals surface area contributed by atoms with Crippen molar-refractivity contribution in [3.05, 3.63) is 88.3 Å². The van der Waals surface area contributed by atoms with Crippen molar-refractivity contribution in [1.29, 1.82) is 0 Å². The molecule has 1 N–H and O–H groups in total. The number of hydrogen-bond acceptors (Lipinski definition) is 6. The number of carbonyl (C=O) groups excluding carboxylic acids is 2. The van der Waals surface area contributed by atoms with E-state index in [0.29, 0.717) is 26.4 Å². The van der Waals surface area contributed by atoms with Crippen LogP contribution in [-0.4, -0.2) is 29.9 Å². The minimum atomic E-state index is -0.298. The molecule has 1 heterocycles. The van der Waals surface area contributed by atoms with Crippen molar-refractivity contribution >= 4 is 57.6 Å². The van der Waals surface area contributed by atoms with Crippen LogP contribution in [0.15, 0.2) is 71.6 Å². The molecule has 3 aromatic carbocycles. The molecule has 0 bridgehead atoms. The number of benzene rings is 3. The number of anilines is 2. The molecule has 178 valence electrons. The number of para-hydroxylation sites is 2. The normalized spacial score (nSPS) is 14.4. The number of thiocarbonyl (C=S) groups is 1. The number of amides is 2. The maximum Gasteiger partial charge on any atom is 0.270 e. The summed E-state index contributed by atoms with van der Waals surface area (Å²) in [5, 5.41) is 2.77. The van der Waals surface area contributed by atoms with Gasteiger partial charge >= 0.3 is 0 Å². The molecule has 1 saturated heterocycles. The topological polar surface area (TPSA) is 67.9 Å². The van der Waals surface area contributed by atoms with Gasteiger partial charge in [-0.3, -0.25) is 14.5 Å². The molecule has 0 aromatic heterocycles. The molecule has 0 saturated carbocycles. The van der Waals surface area contributed by atoms with Crippen LogP contribution in [0.3, 0.4) is 0 Å². The Morgan fingerprint density at radius 3 is 2.51 bits per heavy atom. The Labute approximate surface area is 213 Å². The zero-order chi connectivity index (χ0) is 24.9. The van der Waals surface area contributed by atoms with Crippen LogP contribution in [0.5, 0.6) is 11.5 Å². The second-order valence-electron chi connectivity index (χ2n) is 7.89. The molecule has 0 atom stereocenters. The van der Waals surface area contributed by atoms with Crippen molar-refractivity contribution in [2.45, 2.75) is 13.8 Å². The summed E-state index contributed by atoms with van der Waals surface area (Å²) in [6, 6.07) is 20.2. The first-order valence-electron chi connectivity index (χ1n) is 10.9. The first-order chi connectivity index (χ1) is 16.9. The van der Waals surface area contributed by atoms with E-state index in [9.17, 15) is 9.59 Å². The van der Waals surface area contributed by atoms with Crippen molar-refractivity contribution in [3.8, 4) is 11.5 Å². The number of ether oxygens (including phenoxy) is 2. The summed E-state index contributed by atoms with van der Waals surface area (Å²) < 4.78 is 11.3. The lowest BCUT2D eigenvalue weighted by atomic mass is 10.1. The van der Waals surface area contributed by atoms with Crippen LogP contribution in [0, 0.1) is 13.8 Å². The zero-order valence-electron chi connectivity index (χ0n) is 19.5. The fraction of sp³-hybridized carbons (Fsp3) is 0.148. The van der Waals surface area contributed by atoms with Crippen LogP contribution in [0.25, 0.3) is 6.08 Å². The molecule has 2 amide bonds. The number of thioether (sulfide) groups is 1. The van der Waals surface area contributed by atoms with Crippen molar-refractivity contribution < 1.29 is 19.1 Å². The highest BCUT2D eigenvalue weighted by Crippen LogP contribution is 2.36. The van der Waals surface area contributed by atoms with Crippen molar-refractivity contribution in [3.63, 3.8) is 0 Å². The van der Waals surface area contributed by atoms with E-state index in [1.165, 1.54) is 11.8 Å². The Kier molecular flexibility index (Phi) is 7.53. The van der Waals surface area contributed by atoms with Crippen molar-refractivity contribution in [2.75, 3.05) is 23.9 Å². The Morgan fingerprint density at radius 1 is 1.06 bits per heavy atom. The van der Waals surface area contributed by atoms with Gasteiger partial charge in [-0.05, 0) is 73.0 Å². The lowest BCUT2D eigenvalue weighted by Crippen LogP contribution is -2.27. The van der Waals surface area contributed by atoms with Crippen molar-refractivity contribution in [2.24, 2.45) is 0 Å². The van der Waals surface area contributed by atoms with Gasteiger partial charge in [0, 0.05) is 0 Å². The first kappa shape index (κ1) is 24.5. The Balaban J connectivity index is 1.38. The highest BCUT2D eigenvalue weighted by atomic mass is 32.2. The largest absolute Gasteiger partial charge is 0.495 e. The van der Waals surface area contributed by atoms with Gasteiger partial charge in [0.05, 0.1) is 23.4 Å². The van der Waals surface area contributed by atoms with Gasteiger partial charge in [0.2, 0.25) is 0 Å². The molecule has 4 rings (SSSR count). The molecule has 8 heteroatoms. The standard InChI is InChI=1S/C27H24N2O4S2/c1-17-8-11-20(14-18(17)2)29-26(31)24(35-27(29)34)15-19-9-12-21(13-10-19)33-16-25(30)28-22-6-4-5-7-23(22)32-3/h4-15H,16H2,1-3H3,(H,28,30)/b24-15-. The third-order valence-electron chi connectivity index (χ3n) is 5.47. The van der Waals surface area contributed by atoms with Gasteiger partial charge in [0.1, 0.15) is 11.5 Å². The Hall–Kier alpha value is -3.62. The van der Waals surface area contributed by atoms with Crippen LogP contribution in [0.2, 0.25) is 0 Å². The predicted molar refractivity (Wildman–Crippen MR) is 145 cm³/mol. The fourth-order valence-electron chi connectivity index (χ4n) is 3.45. The number of nitrogens with one attached hydrogen (secondary N) is 1. The van der Waals surface area contributed by atoms with Crippen molar-refractivity contribution in [1.82, 2.24) is 0 Å². The number of nitrogens with zero attached hydrogens (tertiary/aromatic N) is 1. The van der Waals surface area contributed by atoms with Crippen LogP contribution < -0.4 is 19.7 Å². The zero-order valence-corrected chi connectivity index (χ0v) is 21.2. The lowest BCUT2D eigenvalue weighted by Gasteiger charge is -2.15. The maximum atomic E-state index is 13.0. The molecular formula is C27H24N2O4S2. The molecule has 1 aliphatic heterocycles. The minimum Gasteiger partial charge on any atom is -0.495 e. The van der Waals surface area contributed by atoms with E-state index in [4.69, 9.17) is 21.7 Å². The van der Waals surface area contributed by atoms with E-state index in [0.717, 1.165) is 22.4 Å². The maximum absolute atomic E-state index is 13.0. The molecule has 6 nitrogen and oxygen atoms in total. The van der Waals surface area contributed by atoms with E-state index in [-0.39, 0.29) is 18.4 Å². The minimum absolute atomic E-state index is 0.142. The first-order valence-corrected chi connectivity index (χ1v) is 12.1. The summed E-state index contributed by atoms with van der Waals surface area (Å²) >= 11 is 6.75. The quantitative estimate of drug-likeness (QED) is 0.327. The molecular weight excluding hydrogens is 480 g/mol. The number of carbonyl (C=O) groups is 2. The summed E-state index contributed by atoms with van der Waals surface area (Å²) in [7, 11) is 1.55. The molecule has 0 spiro atoms. The van der Waals surface area contributed by atoms with Gasteiger partial charge in [0.25, 0.3) is 11.8 Å². The van der Waals surface area contributed by atoms with E-state index >= 15 is 0 Å². The number of hydrogen-bond donors (Lipinski definition) is 1. The molecule has 1 fully saturated rings. The number of aryl methyl sites for hydroxylation is 2. The number of methoxy groups -OCH3 is 1. The predicted octanol–water partition coefficient (Wildman–Crippen LogP) is 5.74. The fourth-order valence-corrected chi connectivity index (χ4v) is 4.75. The summed E-state index contributed by atoms with van der Waals surface area (Å²) in [4.78, 5) is 27.4. The summed E-state index contributed by atoms with van der Waals surface area (Å²) in [5.74, 6) is 0.679. The lowest BCUT2D eigenvalue weighted by molar-refractivity contribution is -0.118. The summed E-state index contributed by atoms with van der Waals surface area (Å²) in [5.41, 5.74) is 4.45. The average Bonchev–Trinajstić information content (AvgIpc) is 3.13. The van der Waals surface area contributed by atoms with Gasteiger partial charge in [-0.2, -0.15) is 0 Å². The van der Waals surface area contributed by atoms with Crippen LogP contribution in [0.4, 0.5) is 11.4 Å². The van der Waals surface area contributed by atoms with Crippen LogP contribution in [0.1, 0.15) is 16.7 Å². The SMILES string of the molecule is COc1ccccc1NC(=O)COc1ccc(/C=C2\SC(=S)N(c3ccc(C)c(C)c3)C2=O)cc1. The second kappa shape index (κ2) is 10.8. The van der Waals surface area contributed by atoms with E-state index in [2.05, 4.69) is 5.32 Å². The Bertz CT molecular complexity index is 1320. The van der Waals surface area contributed by atoms with Crippen LogP contribution >= 0.6 is 24.0 Å². The van der Waals surface area contributed by atoms with Gasteiger partial charge in [-0.25, -0.2) is 0 Å².